The highest BCUT2D eigenvalue weighted by atomic mass is 32.2. The first-order valence-corrected chi connectivity index (χ1v) is 8.54. The van der Waals surface area contributed by atoms with Crippen molar-refractivity contribution < 1.29 is 14.3 Å². The predicted octanol–water partition coefficient (Wildman–Crippen LogP) is 1.68. The summed E-state index contributed by atoms with van der Waals surface area (Å²) in [6.45, 7) is 4.88. The van der Waals surface area contributed by atoms with E-state index in [1.165, 1.54) is 4.90 Å². The third-order valence-corrected chi connectivity index (χ3v) is 5.15. The second-order valence-corrected chi connectivity index (χ2v) is 7.10. The Kier molecular flexibility index (Phi) is 3.80. The lowest BCUT2D eigenvalue weighted by Crippen LogP contribution is -2.63. The lowest BCUT2D eigenvalue weighted by atomic mass is 9.99. The molecule has 1 fully saturated rings. The molecule has 0 aliphatic carbocycles. The molecule has 1 atom stereocenters. The van der Waals surface area contributed by atoms with Crippen molar-refractivity contribution in [3.05, 3.63) is 23.8 Å². The van der Waals surface area contributed by atoms with E-state index in [2.05, 4.69) is 0 Å². The molecule has 0 bridgehead atoms. The Balaban J connectivity index is 1.95. The summed E-state index contributed by atoms with van der Waals surface area (Å²) in [5, 5.41) is 0. The van der Waals surface area contributed by atoms with Crippen molar-refractivity contribution >= 4 is 29.3 Å². The number of fused-ring (bicyclic) bond motifs is 1. The van der Waals surface area contributed by atoms with E-state index in [4.69, 9.17) is 4.74 Å². The molecule has 118 valence electrons. The van der Waals surface area contributed by atoms with Crippen LogP contribution in [-0.2, 0) is 9.59 Å². The number of nitrogens with zero attached hydrogens (tertiary/aromatic N) is 2. The number of hydrogen-bond acceptors (Lipinski definition) is 4. The molecule has 1 saturated heterocycles. The minimum absolute atomic E-state index is 0.240. The Morgan fingerprint density at radius 1 is 1.32 bits per heavy atom. The first-order chi connectivity index (χ1) is 10.4. The number of carbonyl (C=O) groups excluding carboxylic acids is 2. The van der Waals surface area contributed by atoms with Crippen molar-refractivity contribution in [3.63, 3.8) is 0 Å². The summed E-state index contributed by atoms with van der Waals surface area (Å²) in [5.74, 6) is 1.84. The third kappa shape index (κ3) is 2.35. The average molecular weight is 320 g/mol. The van der Waals surface area contributed by atoms with Crippen LogP contribution in [0.15, 0.2) is 18.2 Å². The van der Waals surface area contributed by atoms with E-state index < -0.39 is 5.60 Å². The third-order valence-electron chi connectivity index (χ3n) is 4.21. The quantitative estimate of drug-likeness (QED) is 0.739. The Bertz CT molecular complexity index is 628. The van der Waals surface area contributed by atoms with Crippen LogP contribution in [0.3, 0.4) is 0 Å². The second kappa shape index (κ2) is 5.50. The summed E-state index contributed by atoms with van der Waals surface area (Å²) in [5.41, 5.74) is 0.286. The lowest BCUT2D eigenvalue weighted by Gasteiger charge is -2.41. The SMILES string of the molecule is Cc1ccc2c(c1)N(C)C(=O)C(C)(C(=O)N1CCSCC1)O2. The molecule has 22 heavy (non-hydrogen) atoms. The van der Waals surface area contributed by atoms with Gasteiger partial charge in [0, 0.05) is 31.6 Å². The van der Waals surface area contributed by atoms with Crippen molar-refractivity contribution in [3.8, 4) is 5.75 Å². The van der Waals surface area contributed by atoms with Crippen molar-refractivity contribution in [2.75, 3.05) is 36.5 Å². The number of amides is 2. The van der Waals surface area contributed by atoms with Crippen LogP contribution >= 0.6 is 11.8 Å². The van der Waals surface area contributed by atoms with Gasteiger partial charge >= 0.3 is 0 Å². The van der Waals surface area contributed by atoms with Crippen LogP contribution < -0.4 is 9.64 Å². The molecule has 0 saturated carbocycles. The van der Waals surface area contributed by atoms with E-state index in [9.17, 15) is 9.59 Å². The molecule has 0 spiro atoms. The zero-order valence-corrected chi connectivity index (χ0v) is 13.9. The van der Waals surface area contributed by atoms with E-state index in [0.29, 0.717) is 24.5 Å². The molecule has 5 nitrogen and oxygen atoms in total. The van der Waals surface area contributed by atoms with E-state index in [1.807, 2.05) is 36.9 Å². The molecule has 1 aromatic rings. The van der Waals surface area contributed by atoms with E-state index in [1.54, 1.807) is 18.9 Å². The number of hydrogen-bond donors (Lipinski definition) is 0. The predicted molar refractivity (Wildman–Crippen MR) is 87.5 cm³/mol. The van der Waals surface area contributed by atoms with Crippen LogP contribution in [0.5, 0.6) is 5.75 Å². The fourth-order valence-corrected chi connectivity index (χ4v) is 3.78. The van der Waals surface area contributed by atoms with Gasteiger partial charge in [-0.25, -0.2) is 0 Å². The molecule has 6 heteroatoms. The number of aryl methyl sites for hydroxylation is 1. The maximum atomic E-state index is 12.9. The highest BCUT2D eigenvalue weighted by molar-refractivity contribution is 7.99. The minimum Gasteiger partial charge on any atom is -0.465 e. The van der Waals surface area contributed by atoms with E-state index in [-0.39, 0.29) is 11.8 Å². The van der Waals surface area contributed by atoms with Gasteiger partial charge in [-0.05, 0) is 31.5 Å². The molecule has 2 aliphatic rings. The van der Waals surface area contributed by atoms with Gasteiger partial charge in [0.05, 0.1) is 5.69 Å². The average Bonchev–Trinajstić information content (AvgIpc) is 2.54. The van der Waals surface area contributed by atoms with E-state index >= 15 is 0 Å². The van der Waals surface area contributed by atoms with Gasteiger partial charge in [-0.1, -0.05) is 6.07 Å². The first kappa shape index (κ1) is 15.2. The Hall–Kier alpha value is -1.69. The topological polar surface area (TPSA) is 49.9 Å². The number of thioether (sulfide) groups is 1. The number of likely N-dealkylation sites (N-methyl/N-ethyl adjacent to an activating group) is 1. The largest absolute Gasteiger partial charge is 0.465 e. The standard InChI is InChI=1S/C16H20N2O3S/c1-11-4-5-13-12(10-11)17(3)14(19)16(2,21-13)15(20)18-6-8-22-9-7-18/h4-5,10H,6-9H2,1-3H3. The fourth-order valence-electron chi connectivity index (χ4n) is 2.87. The Labute approximate surface area is 134 Å². The smallest absolute Gasteiger partial charge is 0.280 e. The monoisotopic (exact) mass is 320 g/mol. The normalized spacial score (nSPS) is 24.8. The van der Waals surface area contributed by atoms with Crippen molar-refractivity contribution in [2.24, 2.45) is 0 Å². The first-order valence-electron chi connectivity index (χ1n) is 7.38. The molecular formula is C16H20N2O3S. The van der Waals surface area contributed by atoms with Gasteiger partial charge in [-0.3, -0.25) is 9.59 Å². The van der Waals surface area contributed by atoms with Gasteiger partial charge in [0.2, 0.25) is 0 Å². The van der Waals surface area contributed by atoms with Gasteiger partial charge < -0.3 is 14.5 Å². The van der Waals surface area contributed by atoms with E-state index in [0.717, 1.165) is 17.1 Å². The van der Waals surface area contributed by atoms with Gasteiger partial charge in [-0.15, -0.1) is 0 Å². The van der Waals surface area contributed by atoms with Crippen LogP contribution in [0, 0.1) is 6.92 Å². The number of benzene rings is 1. The van der Waals surface area contributed by atoms with Gasteiger partial charge in [-0.2, -0.15) is 11.8 Å². The zero-order chi connectivity index (χ0) is 15.9. The van der Waals surface area contributed by atoms with Crippen LogP contribution in [-0.4, -0.2) is 54.0 Å². The number of rotatable bonds is 1. The van der Waals surface area contributed by atoms with Crippen LogP contribution in [0.25, 0.3) is 0 Å². The minimum atomic E-state index is -1.47. The molecule has 0 aromatic heterocycles. The molecule has 0 N–H and O–H groups in total. The summed E-state index contributed by atoms with van der Waals surface area (Å²) in [4.78, 5) is 28.9. The van der Waals surface area contributed by atoms with Crippen LogP contribution in [0.1, 0.15) is 12.5 Å². The number of anilines is 1. The molecule has 3 rings (SSSR count). The highest BCUT2D eigenvalue weighted by Crippen LogP contribution is 2.38. The molecular weight excluding hydrogens is 300 g/mol. The Morgan fingerprint density at radius 2 is 2.00 bits per heavy atom. The summed E-state index contributed by atoms with van der Waals surface area (Å²) >= 11 is 1.82. The zero-order valence-electron chi connectivity index (χ0n) is 13.1. The van der Waals surface area contributed by atoms with Crippen molar-refractivity contribution in [2.45, 2.75) is 19.4 Å². The summed E-state index contributed by atoms with van der Waals surface area (Å²) in [6, 6.07) is 5.64. The van der Waals surface area contributed by atoms with Crippen molar-refractivity contribution in [1.82, 2.24) is 4.90 Å². The molecule has 2 aliphatic heterocycles. The van der Waals surface area contributed by atoms with Gasteiger partial charge in [0.25, 0.3) is 17.4 Å². The summed E-state index contributed by atoms with van der Waals surface area (Å²) in [7, 11) is 1.70. The van der Waals surface area contributed by atoms with Gasteiger partial charge in [0.1, 0.15) is 5.75 Å². The van der Waals surface area contributed by atoms with Crippen molar-refractivity contribution in [1.29, 1.82) is 0 Å². The highest BCUT2D eigenvalue weighted by Gasteiger charge is 2.51. The van der Waals surface area contributed by atoms with Crippen LogP contribution in [0.4, 0.5) is 5.69 Å². The van der Waals surface area contributed by atoms with Crippen LogP contribution in [0.2, 0.25) is 0 Å². The maximum absolute atomic E-state index is 12.9. The van der Waals surface area contributed by atoms with Gasteiger partial charge in [0.15, 0.2) is 0 Å². The molecule has 1 aromatic carbocycles. The molecule has 2 heterocycles. The summed E-state index contributed by atoms with van der Waals surface area (Å²) in [6.07, 6.45) is 0. The fraction of sp³-hybridized carbons (Fsp3) is 0.500. The Morgan fingerprint density at radius 3 is 2.68 bits per heavy atom. The maximum Gasteiger partial charge on any atom is 0.280 e. The molecule has 2 amide bonds. The molecule has 1 unspecified atom stereocenters. The number of carbonyl (C=O) groups is 2. The summed E-state index contributed by atoms with van der Waals surface area (Å²) < 4.78 is 5.88. The number of ether oxygens (including phenoxy) is 1. The lowest BCUT2D eigenvalue weighted by molar-refractivity contribution is -0.155. The molecule has 0 radical (unpaired) electrons. The second-order valence-electron chi connectivity index (χ2n) is 5.88.